The lowest BCUT2D eigenvalue weighted by Crippen LogP contribution is -2.27. The molecule has 0 saturated heterocycles. The highest BCUT2D eigenvalue weighted by atomic mass is 16.4. The number of pyridine rings is 1. The van der Waals surface area contributed by atoms with Gasteiger partial charge in [0, 0.05) is 18.9 Å². The molecule has 0 spiro atoms. The number of rotatable bonds is 5. The van der Waals surface area contributed by atoms with E-state index in [0.29, 0.717) is 18.5 Å². The van der Waals surface area contributed by atoms with Gasteiger partial charge in [0.25, 0.3) is 5.91 Å². The molecule has 0 aliphatic heterocycles. The number of carboxylic acids is 1. The molecule has 0 saturated carbocycles. The lowest BCUT2D eigenvalue weighted by molar-refractivity contribution is -0.141. The maximum absolute atomic E-state index is 11.5. The van der Waals surface area contributed by atoms with E-state index >= 15 is 0 Å². The molecule has 1 rings (SSSR count). The van der Waals surface area contributed by atoms with Gasteiger partial charge < -0.3 is 10.4 Å². The summed E-state index contributed by atoms with van der Waals surface area (Å²) in [6, 6.07) is 3.33. The minimum atomic E-state index is -0.851. The van der Waals surface area contributed by atoms with Crippen molar-refractivity contribution in [1.29, 1.82) is 0 Å². The smallest absolute Gasteiger partial charge is 0.306 e. The highest BCUT2D eigenvalue weighted by molar-refractivity contribution is 5.93. The number of nitrogens with zero attached hydrogens (tertiary/aromatic N) is 1. The summed E-state index contributed by atoms with van der Waals surface area (Å²) < 4.78 is 0. The van der Waals surface area contributed by atoms with E-state index in [1.807, 2.05) is 0 Å². The molecule has 86 valence electrons. The monoisotopic (exact) mass is 222 g/mol. The average molecular weight is 222 g/mol. The predicted molar refractivity (Wildman–Crippen MR) is 58.0 cm³/mol. The maximum atomic E-state index is 11.5. The van der Waals surface area contributed by atoms with Crippen LogP contribution in [0.5, 0.6) is 0 Å². The van der Waals surface area contributed by atoms with Crippen LogP contribution in [0.1, 0.15) is 23.7 Å². The van der Waals surface area contributed by atoms with Crippen LogP contribution in [-0.4, -0.2) is 28.5 Å². The van der Waals surface area contributed by atoms with Gasteiger partial charge in [-0.1, -0.05) is 6.92 Å². The van der Waals surface area contributed by atoms with Crippen molar-refractivity contribution in [3.8, 4) is 0 Å². The van der Waals surface area contributed by atoms with Crippen molar-refractivity contribution in [3.05, 3.63) is 30.1 Å². The zero-order valence-electron chi connectivity index (χ0n) is 9.01. The van der Waals surface area contributed by atoms with Crippen LogP contribution < -0.4 is 5.32 Å². The van der Waals surface area contributed by atoms with Crippen molar-refractivity contribution in [1.82, 2.24) is 10.3 Å². The number of amides is 1. The van der Waals surface area contributed by atoms with Gasteiger partial charge in [0.2, 0.25) is 0 Å². The number of nitrogens with one attached hydrogen (secondary N) is 1. The number of hydrogen-bond donors (Lipinski definition) is 2. The van der Waals surface area contributed by atoms with Crippen LogP contribution in [-0.2, 0) is 4.79 Å². The highest BCUT2D eigenvalue weighted by Crippen LogP contribution is 2.00. The summed E-state index contributed by atoms with van der Waals surface area (Å²) in [5.41, 5.74) is 0.477. The molecule has 1 aromatic rings. The Hall–Kier alpha value is -1.91. The molecule has 0 aromatic carbocycles. The summed E-state index contributed by atoms with van der Waals surface area (Å²) >= 11 is 0. The molecule has 2 N–H and O–H groups in total. The quantitative estimate of drug-likeness (QED) is 0.776. The Labute approximate surface area is 93.5 Å². The fourth-order valence-electron chi connectivity index (χ4n) is 1.12. The Bertz CT molecular complexity index is 365. The molecular weight excluding hydrogens is 208 g/mol. The highest BCUT2D eigenvalue weighted by Gasteiger charge is 2.11. The Kier molecular flexibility index (Phi) is 4.44. The second kappa shape index (κ2) is 5.85. The molecule has 1 atom stereocenters. The lowest BCUT2D eigenvalue weighted by Gasteiger charge is -2.07. The first-order valence-corrected chi connectivity index (χ1v) is 5.02. The second-order valence-corrected chi connectivity index (χ2v) is 3.53. The maximum Gasteiger partial charge on any atom is 0.306 e. The minimum absolute atomic E-state index is 0.231. The van der Waals surface area contributed by atoms with E-state index < -0.39 is 11.9 Å². The fraction of sp³-hybridized carbons (Fsp3) is 0.364. The molecule has 0 fully saturated rings. The second-order valence-electron chi connectivity index (χ2n) is 3.53. The molecule has 0 bridgehead atoms. The molecule has 0 aliphatic rings. The normalized spacial score (nSPS) is 11.8. The van der Waals surface area contributed by atoms with Crippen LogP contribution in [0.4, 0.5) is 0 Å². The summed E-state index contributed by atoms with van der Waals surface area (Å²) in [6.07, 6.45) is 3.47. The van der Waals surface area contributed by atoms with Gasteiger partial charge in [-0.15, -0.1) is 0 Å². The van der Waals surface area contributed by atoms with Crippen molar-refractivity contribution in [3.63, 3.8) is 0 Å². The van der Waals surface area contributed by atoms with Crippen molar-refractivity contribution in [2.75, 3.05) is 6.54 Å². The first-order valence-electron chi connectivity index (χ1n) is 5.02. The van der Waals surface area contributed by atoms with Gasteiger partial charge in [0.15, 0.2) is 0 Å². The van der Waals surface area contributed by atoms with Gasteiger partial charge in [-0.25, -0.2) is 0 Å². The minimum Gasteiger partial charge on any atom is -0.481 e. The van der Waals surface area contributed by atoms with Gasteiger partial charge in [-0.3, -0.25) is 14.6 Å². The van der Waals surface area contributed by atoms with E-state index in [9.17, 15) is 9.59 Å². The zero-order valence-corrected chi connectivity index (χ0v) is 9.01. The SMILES string of the molecule is CC(CCNC(=O)c1cccnc1)C(=O)O. The summed E-state index contributed by atoms with van der Waals surface area (Å²) in [6.45, 7) is 1.96. The predicted octanol–water partition coefficient (Wildman–Crippen LogP) is 0.922. The fourth-order valence-corrected chi connectivity index (χ4v) is 1.12. The number of carbonyl (C=O) groups excluding carboxylic acids is 1. The summed E-state index contributed by atoms with van der Waals surface area (Å²) in [5.74, 6) is -1.53. The van der Waals surface area contributed by atoms with E-state index in [0.717, 1.165) is 0 Å². The van der Waals surface area contributed by atoms with Gasteiger partial charge >= 0.3 is 5.97 Å². The standard InChI is InChI=1S/C11H14N2O3/c1-8(11(15)16)4-6-13-10(14)9-3-2-5-12-7-9/h2-3,5,7-8H,4,6H2,1H3,(H,13,14)(H,15,16). The summed E-state index contributed by atoms with van der Waals surface area (Å²) in [5, 5.41) is 11.3. The van der Waals surface area contributed by atoms with Gasteiger partial charge in [0.1, 0.15) is 0 Å². The largest absolute Gasteiger partial charge is 0.481 e. The molecule has 5 heteroatoms. The molecule has 1 aromatic heterocycles. The van der Waals surface area contributed by atoms with E-state index in [4.69, 9.17) is 5.11 Å². The lowest BCUT2D eigenvalue weighted by atomic mass is 10.1. The van der Waals surface area contributed by atoms with Crippen molar-refractivity contribution >= 4 is 11.9 Å². The number of carbonyl (C=O) groups is 2. The van der Waals surface area contributed by atoms with E-state index in [1.54, 1.807) is 25.3 Å². The number of hydrogen-bond acceptors (Lipinski definition) is 3. The van der Waals surface area contributed by atoms with Crippen LogP contribution in [0.15, 0.2) is 24.5 Å². The first kappa shape index (κ1) is 12.2. The average Bonchev–Trinajstić information content (AvgIpc) is 2.29. The summed E-state index contributed by atoms with van der Waals surface area (Å²) in [7, 11) is 0. The van der Waals surface area contributed by atoms with Crippen LogP contribution in [0, 0.1) is 5.92 Å². The molecule has 0 radical (unpaired) electrons. The van der Waals surface area contributed by atoms with Crippen molar-refractivity contribution in [2.45, 2.75) is 13.3 Å². The Morgan fingerprint density at radius 3 is 2.88 bits per heavy atom. The molecule has 5 nitrogen and oxygen atoms in total. The van der Waals surface area contributed by atoms with Crippen LogP contribution in [0.2, 0.25) is 0 Å². The molecule has 1 heterocycles. The van der Waals surface area contributed by atoms with Crippen LogP contribution in [0.25, 0.3) is 0 Å². The van der Waals surface area contributed by atoms with Crippen molar-refractivity contribution in [2.24, 2.45) is 5.92 Å². The van der Waals surface area contributed by atoms with Gasteiger partial charge in [0.05, 0.1) is 11.5 Å². The van der Waals surface area contributed by atoms with Gasteiger partial charge in [-0.05, 0) is 18.6 Å². The van der Waals surface area contributed by atoms with Gasteiger partial charge in [-0.2, -0.15) is 0 Å². The Morgan fingerprint density at radius 1 is 1.56 bits per heavy atom. The topological polar surface area (TPSA) is 79.3 Å². The molecule has 1 amide bonds. The Morgan fingerprint density at radius 2 is 2.31 bits per heavy atom. The molecule has 0 aliphatic carbocycles. The third kappa shape index (κ3) is 3.68. The Balaban J connectivity index is 2.34. The number of carboxylic acid groups (broad SMARTS) is 1. The van der Waals surface area contributed by atoms with Crippen LogP contribution >= 0.6 is 0 Å². The van der Waals surface area contributed by atoms with Crippen molar-refractivity contribution < 1.29 is 14.7 Å². The van der Waals surface area contributed by atoms with Crippen LogP contribution in [0.3, 0.4) is 0 Å². The molecule has 1 unspecified atom stereocenters. The zero-order chi connectivity index (χ0) is 12.0. The first-order chi connectivity index (χ1) is 7.61. The third-order valence-corrected chi connectivity index (χ3v) is 2.21. The van der Waals surface area contributed by atoms with E-state index in [1.165, 1.54) is 6.20 Å². The number of aromatic nitrogens is 1. The third-order valence-electron chi connectivity index (χ3n) is 2.21. The molecular formula is C11H14N2O3. The van der Waals surface area contributed by atoms with E-state index in [-0.39, 0.29) is 5.91 Å². The number of aliphatic carboxylic acids is 1. The van der Waals surface area contributed by atoms with E-state index in [2.05, 4.69) is 10.3 Å². The summed E-state index contributed by atoms with van der Waals surface area (Å²) in [4.78, 5) is 25.8. The molecule has 16 heavy (non-hydrogen) atoms.